The minimum atomic E-state index is -0.873. The Hall–Kier alpha value is -0.200. The van der Waals surface area contributed by atoms with Gasteiger partial charge in [-0.3, -0.25) is 0 Å². The Bertz CT molecular complexity index is 67.1. The average molecular weight is 152 g/mol. The molecule has 0 bridgehead atoms. The summed E-state index contributed by atoms with van der Waals surface area (Å²) >= 11 is 0. The SMILES string of the molecule is OCOCOCC(O)CO. The highest BCUT2D eigenvalue weighted by Gasteiger charge is 1.99. The summed E-state index contributed by atoms with van der Waals surface area (Å²) in [6, 6.07) is 0. The van der Waals surface area contributed by atoms with Gasteiger partial charge in [0.15, 0.2) is 0 Å². The van der Waals surface area contributed by atoms with Crippen molar-refractivity contribution < 1.29 is 24.8 Å². The number of aliphatic hydroxyl groups is 3. The maximum atomic E-state index is 8.66. The van der Waals surface area contributed by atoms with Gasteiger partial charge >= 0.3 is 0 Å². The van der Waals surface area contributed by atoms with Crippen molar-refractivity contribution in [2.24, 2.45) is 0 Å². The van der Waals surface area contributed by atoms with E-state index < -0.39 is 12.9 Å². The van der Waals surface area contributed by atoms with E-state index >= 15 is 0 Å². The van der Waals surface area contributed by atoms with E-state index in [1.165, 1.54) is 0 Å². The van der Waals surface area contributed by atoms with Crippen LogP contribution in [0.4, 0.5) is 0 Å². The molecule has 0 spiro atoms. The van der Waals surface area contributed by atoms with Gasteiger partial charge in [0.05, 0.1) is 13.2 Å². The largest absolute Gasteiger partial charge is 0.394 e. The molecule has 0 heterocycles. The molecule has 0 aliphatic carbocycles. The zero-order chi connectivity index (χ0) is 7.82. The first-order valence-electron chi connectivity index (χ1n) is 2.86. The number of aliphatic hydroxyl groups excluding tert-OH is 3. The predicted molar refractivity (Wildman–Crippen MR) is 32.1 cm³/mol. The highest BCUT2D eigenvalue weighted by molar-refractivity contribution is 4.46. The highest BCUT2D eigenvalue weighted by atomic mass is 16.7. The van der Waals surface area contributed by atoms with Crippen LogP contribution in [0.1, 0.15) is 0 Å². The Balaban J connectivity index is 2.89. The molecule has 10 heavy (non-hydrogen) atoms. The Morgan fingerprint density at radius 1 is 1.20 bits per heavy atom. The second-order valence-electron chi connectivity index (χ2n) is 1.66. The lowest BCUT2D eigenvalue weighted by Gasteiger charge is -2.06. The summed E-state index contributed by atoms with van der Waals surface area (Å²) in [4.78, 5) is 0. The monoisotopic (exact) mass is 152 g/mol. The lowest BCUT2D eigenvalue weighted by molar-refractivity contribution is -0.125. The molecule has 5 nitrogen and oxygen atoms in total. The zero-order valence-corrected chi connectivity index (χ0v) is 5.56. The summed E-state index contributed by atoms with van der Waals surface area (Å²) in [6.07, 6.45) is -0.873. The quantitative estimate of drug-likeness (QED) is 0.311. The van der Waals surface area contributed by atoms with Crippen LogP contribution >= 0.6 is 0 Å². The molecule has 0 saturated heterocycles. The number of hydrogen-bond acceptors (Lipinski definition) is 5. The van der Waals surface area contributed by atoms with Gasteiger partial charge in [0.1, 0.15) is 19.7 Å². The van der Waals surface area contributed by atoms with Gasteiger partial charge in [0.25, 0.3) is 0 Å². The number of rotatable bonds is 6. The van der Waals surface area contributed by atoms with Gasteiger partial charge in [0, 0.05) is 0 Å². The molecule has 0 aliphatic heterocycles. The third-order valence-corrected chi connectivity index (χ3v) is 0.779. The molecule has 0 aromatic heterocycles. The standard InChI is InChI=1S/C5H12O5/c6-1-5(8)2-9-4-10-3-7/h5-8H,1-4H2. The van der Waals surface area contributed by atoms with Gasteiger partial charge < -0.3 is 24.8 Å². The predicted octanol–water partition coefficient (Wildman–Crippen LogP) is -1.72. The molecule has 62 valence electrons. The molecule has 0 fully saturated rings. The van der Waals surface area contributed by atoms with Gasteiger partial charge in [-0.1, -0.05) is 0 Å². The molecule has 0 aromatic rings. The maximum Gasteiger partial charge on any atom is 0.149 e. The third kappa shape index (κ3) is 5.93. The summed E-state index contributed by atoms with van der Waals surface area (Å²) in [5.41, 5.74) is 0. The minimum Gasteiger partial charge on any atom is -0.394 e. The molecule has 5 heteroatoms. The zero-order valence-electron chi connectivity index (χ0n) is 5.56. The van der Waals surface area contributed by atoms with Crippen molar-refractivity contribution >= 4 is 0 Å². The topological polar surface area (TPSA) is 79.2 Å². The lowest BCUT2D eigenvalue weighted by atomic mass is 10.4. The van der Waals surface area contributed by atoms with E-state index in [0.29, 0.717) is 0 Å². The van der Waals surface area contributed by atoms with Gasteiger partial charge in [0.2, 0.25) is 0 Å². The summed E-state index contributed by atoms with van der Waals surface area (Å²) in [5.74, 6) is 0. The fourth-order valence-electron chi connectivity index (χ4n) is 0.333. The maximum absolute atomic E-state index is 8.66. The first-order valence-corrected chi connectivity index (χ1v) is 2.86. The van der Waals surface area contributed by atoms with Gasteiger partial charge in [-0.15, -0.1) is 0 Å². The van der Waals surface area contributed by atoms with Crippen molar-refractivity contribution in [2.45, 2.75) is 6.10 Å². The van der Waals surface area contributed by atoms with Crippen LogP contribution in [-0.2, 0) is 9.47 Å². The fourth-order valence-corrected chi connectivity index (χ4v) is 0.333. The summed E-state index contributed by atoms with van der Waals surface area (Å²) in [6.45, 7) is -0.807. The first kappa shape index (κ1) is 9.80. The lowest BCUT2D eigenvalue weighted by Crippen LogP contribution is -2.20. The van der Waals surface area contributed by atoms with Crippen molar-refractivity contribution in [3.05, 3.63) is 0 Å². The van der Waals surface area contributed by atoms with E-state index in [0.717, 1.165) is 0 Å². The Kier molecular flexibility index (Phi) is 6.78. The van der Waals surface area contributed by atoms with Crippen molar-refractivity contribution in [3.8, 4) is 0 Å². The van der Waals surface area contributed by atoms with Gasteiger partial charge in [-0.2, -0.15) is 0 Å². The molecule has 0 radical (unpaired) electrons. The van der Waals surface area contributed by atoms with Crippen LogP contribution in [0.2, 0.25) is 0 Å². The van der Waals surface area contributed by atoms with Crippen molar-refractivity contribution in [3.63, 3.8) is 0 Å². The van der Waals surface area contributed by atoms with Crippen molar-refractivity contribution in [2.75, 3.05) is 26.8 Å². The Morgan fingerprint density at radius 2 is 1.90 bits per heavy atom. The fraction of sp³-hybridized carbons (Fsp3) is 1.00. The van der Waals surface area contributed by atoms with Crippen molar-refractivity contribution in [1.82, 2.24) is 0 Å². The van der Waals surface area contributed by atoms with Crippen LogP contribution in [0, 0.1) is 0 Å². The highest BCUT2D eigenvalue weighted by Crippen LogP contribution is 1.83. The van der Waals surface area contributed by atoms with Crippen LogP contribution in [0.15, 0.2) is 0 Å². The summed E-state index contributed by atoms with van der Waals surface area (Å²) < 4.78 is 9.00. The van der Waals surface area contributed by atoms with Crippen LogP contribution in [0.5, 0.6) is 0 Å². The second-order valence-corrected chi connectivity index (χ2v) is 1.66. The molecule has 3 N–H and O–H groups in total. The van der Waals surface area contributed by atoms with E-state index in [-0.39, 0.29) is 20.0 Å². The van der Waals surface area contributed by atoms with Crippen molar-refractivity contribution in [1.29, 1.82) is 0 Å². The summed E-state index contributed by atoms with van der Waals surface area (Å²) in [7, 11) is 0. The van der Waals surface area contributed by atoms with E-state index in [2.05, 4.69) is 9.47 Å². The third-order valence-electron chi connectivity index (χ3n) is 0.779. The first-order chi connectivity index (χ1) is 4.81. The molecule has 0 rings (SSSR count). The molecule has 0 saturated carbocycles. The molecule has 0 aromatic carbocycles. The Labute approximate surface area is 58.8 Å². The normalized spacial score (nSPS) is 13.5. The Morgan fingerprint density at radius 3 is 2.40 bits per heavy atom. The van der Waals surface area contributed by atoms with Crippen LogP contribution < -0.4 is 0 Å². The molecular formula is C5H12O5. The van der Waals surface area contributed by atoms with Crippen LogP contribution in [0.3, 0.4) is 0 Å². The second kappa shape index (κ2) is 6.91. The van der Waals surface area contributed by atoms with Gasteiger partial charge in [-0.05, 0) is 0 Å². The molecule has 0 amide bonds. The van der Waals surface area contributed by atoms with Crippen LogP contribution in [-0.4, -0.2) is 48.2 Å². The molecule has 0 aliphatic rings. The van der Waals surface area contributed by atoms with Gasteiger partial charge in [-0.25, -0.2) is 0 Å². The van der Waals surface area contributed by atoms with E-state index in [9.17, 15) is 0 Å². The molecule has 1 unspecified atom stereocenters. The van der Waals surface area contributed by atoms with E-state index in [1.54, 1.807) is 0 Å². The number of hydrogen-bond donors (Lipinski definition) is 3. The number of ether oxygens (including phenoxy) is 2. The minimum absolute atomic E-state index is 0.0104. The summed E-state index contributed by atoms with van der Waals surface area (Å²) in [5, 5.41) is 25.0. The molecule has 1 atom stereocenters. The molecular weight excluding hydrogens is 140 g/mol. The van der Waals surface area contributed by atoms with E-state index in [1.807, 2.05) is 0 Å². The smallest absolute Gasteiger partial charge is 0.149 e. The average Bonchev–Trinajstić information content (AvgIpc) is 1.98. The van der Waals surface area contributed by atoms with E-state index in [4.69, 9.17) is 15.3 Å². The van der Waals surface area contributed by atoms with Crippen LogP contribution in [0.25, 0.3) is 0 Å².